The van der Waals surface area contributed by atoms with Crippen molar-refractivity contribution >= 4 is 39.9 Å². The molecule has 0 unspecified atom stereocenters. The Bertz CT molecular complexity index is 516. The van der Waals surface area contributed by atoms with Gasteiger partial charge in [-0.3, -0.25) is 4.79 Å². The molecule has 0 saturated heterocycles. The summed E-state index contributed by atoms with van der Waals surface area (Å²) >= 11 is 12.0. The maximum atomic E-state index is 11.2. The van der Waals surface area contributed by atoms with Gasteiger partial charge in [0, 0.05) is 12.3 Å². The monoisotopic (exact) mass is 227 g/mol. The van der Waals surface area contributed by atoms with Crippen molar-refractivity contribution in [2.45, 2.75) is 6.92 Å². The molecule has 14 heavy (non-hydrogen) atoms. The average molecular weight is 228 g/mol. The molecule has 0 bridgehead atoms. The number of hydrogen-bond acceptors (Lipinski definition) is 1. The molecule has 2 rings (SSSR count). The van der Waals surface area contributed by atoms with Gasteiger partial charge >= 0.3 is 0 Å². The quantitative estimate of drug-likeness (QED) is 0.742. The van der Waals surface area contributed by atoms with Gasteiger partial charge in [-0.15, -0.1) is 0 Å². The Morgan fingerprint density at radius 3 is 2.64 bits per heavy atom. The van der Waals surface area contributed by atoms with Crippen molar-refractivity contribution in [2.75, 3.05) is 0 Å². The number of carbonyl (C=O) groups is 1. The summed E-state index contributed by atoms with van der Waals surface area (Å²) in [6.07, 6.45) is 0. The van der Waals surface area contributed by atoms with Crippen LogP contribution in [0.15, 0.2) is 18.2 Å². The van der Waals surface area contributed by atoms with Crippen molar-refractivity contribution in [3.05, 3.63) is 33.9 Å². The van der Waals surface area contributed by atoms with Crippen LogP contribution in [0.4, 0.5) is 0 Å². The molecule has 2 aromatic rings. The number of aromatic nitrogens is 1. The van der Waals surface area contributed by atoms with Crippen molar-refractivity contribution in [1.82, 2.24) is 4.98 Å². The maximum absolute atomic E-state index is 11.2. The van der Waals surface area contributed by atoms with Gasteiger partial charge in [0.15, 0.2) is 5.78 Å². The maximum Gasteiger partial charge on any atom is 0.177 e. The van der Waals surface area contributed by atoms with E-state index < -0.39 is 0 Å². The van der Waals surface area contributed by atoms with E-state index in [4.69, 9.17) is 23.2 Å². The summed E-state index contributed by atoms with van der Waals surface area (Å²) in [6.45, 7) is 1.46. The third-order valence-electron chi connectivity index (χ3n) is 2.07. The lowest BCUT2D eigenvalue weighted by atomic mass is 10.2. The smallest absolute Gasteiger partial charge is 0.177 e. The number of Topliss-reactive ketones (excluding diaryl/α,β-unsaturated/α-hetero) is 1. The molecular formula is C10H7Cl2NO. The zero-order valence-corrected chi connectivity index (χ0v) is 8.91. The van der Waals surface area contributed by atoms with E-state index in [2.05, 4.69) is 4.98 Å². The second-order valence-electron chi connectivity index (χ2n) is 3.03. The molecule has 0 aliphatic rings. The van der Waals surface area contributed by atoms with Crippen molar-refractivity contribution in [3.63, 3.8) is 0 Å². The number of H-pyrrole nitrogens is 1. The highest BCUT2D eigenvalue weighted by atomic mass is 35.5. The molecule has 0 aliphatic carbocycles. The van der Waals surface area contributed by atoms with Gasteiger partial charge < -0.3 is 4.98 Å². The zero-order valence-electron chi connectivity index (χ0n) is 7.40. The van der Waals surface area contributed by atoms with Crippen LogP contribution in [0, 0.1) is 0 Å². The molecule has 0 radical (unpaired) electrons. The van der Waals surface area contributed by atoms with Crippen LogP contribution in [0.3, 0.4) is 0 Å². The van der Waals surface area contributed by atoms with Gasteiger partial charge in [-0.05, 0) is 6.07 Å². The molecule has 2 nitrogen and oxygen atoms in total. The second kappa shape index (κ2) is 3.30. The van der Waals surface area contributed by atoms with Crippen molar-refractivity contribution in [1.29, 1.82) is 0 Å². The molecule has 1 aromatic carbocycles. The second-order valence-corrected chi connectivity index (χ2v) is 3.82. The predicted molar refractivity (Wildman–Crippen MR) is 58.3 cm³/mol. The predicted octanol–water partition coefficient (Wildman–Crippen LogP) is 3.68. The summed E-state index contributed by atoms with van der Waals surface area (Å²) in [5, 5.41) is 1.79. The van der Waals surface area contributed by atoms with Crippen LogP contribution in [-0.2, 0) is 0 Å². The number of ketones is 1. The molecule has 0 atom stereocenters. The first-order valence-corrected chi connectivity index (χ1v) is 4.83. The average Bonchev–Trinajstić information content (AvgIpc) is 2.46. The number of hydrogen-bond donors (Lipinski definition) is 1. The molecule has 1 aromatic heterocycles. The van der Waals surface area contributed by atoms with Gasteiger partial charge in [0.25, 0.3) is 0 Å². The summed E-state index contributed by atoms with van der Waals surface area (Å²) in [4.78, 5) is 14.1. The van der Waals surface area contributed by atoms with Crippen molar-refractivity contribution in [2.24, 2.45) is 0 Å². The SMILES string of the molecule is CC(=O)c1[nH]c2c(Cl)cccc2c1Cl. The molecule has 1 heterocycles. The molecule has 72 valence electrons. The van der Waals surface area contributed by atoms with Crippen molar-refractivity contribution < 1.29 is 4.79 Å². The Morgan fingerprint density at radius 1 is 1.36 bits per heavy atom. The number of nitrogens with one attached hydrogen (secondary N) is 1. The van der Waals surface area contributed by atoms with E-state index in [9.17, 15) is 4.79 Å². The highest BCUT2D eigenvalue weighted by Crippen LogP contribution is 2.31. The third-order valence-corrected chi connectivity index (χ3v) is 2.78. The van der Waals surface area contributed by atoms with Gasteiger partial charge in [-0.1, -0.05) is 35.3 Å². The minimum Gasteiger partial charge on any atom is -0.350 e. The zero-order chi connectivity index (χ0) is 10.3. The van der Waals surface area contributed by atoms with Gasteiger partial charge in [-0.25, -0.2) is 0 Å². The van der Waals surface area contributed by atoms with Crippen LogP contribution in [0.5, 0.6) is 0 Å². The number of para-hydroxylation sites is 1. The summed E-state index contributed by atoms with van der Waals surface area (Å²) in [7, 11) is 0. The Balaban J connectivity index is 2.86. The summed E-state index contributed by atoms with van der Waals surface area (Å²) in [5.74, 6) is -0.0951. The molecule has 0 aliphatic heterocycles. The minimum atomic E-state index is -0.0951. The van der Waals surface area contributed by atoms with E-state index in [1.165, 1.54) is 6.92 Å². The van der Waals surface area contributed by atoms with Gasteiger partial charge in [0.2, 0.25) is 0 Å². The van der Waals surface area contributed by atoms with Crippen LogP contribution in [0.25, 0.3) is 10.9 Å². The molecular weight excluding hydrogens is 221 g/mol. The lowest BCUT2D eigenvalue weighted by Gasteiger charge is -1.91. The largest absolute Gasteiger partial charge is 0.350 e. The molecule has 4 heteroatoms. The fourth-order valence-corrected chi connectivity index (χ4v) is 1.95. The fraction of sp³-hybridized carbons (Fsp3) is 0.100. The third kappa shape index (κ3) is 1.31. The number of carbonyl (C=O) groups excluding carboxylic acids is 1. The van der Waals surface area contributed by atoms with E-state index in [0.29, 0.717) is 21.3 Å². The van der Waals surface area contributed by atoms with Crippen molar-refractivity contribution in [3.8, 4) is 0 Å². The Labute approximate surface area is 90.8 Å². The molecule has 0 amide bonds. The van der Waals surface area contributed by atoms with E-state index >= 15 is 0 Å². The van der Waals surface area contributed by atoms with E-state index in [1.807, 2.05) is 6.07 Å². The highest BCUT2D eigenvalue weighted by Gasteiger charge is 2.13. The molecule has 0 fully saturated rings. The lowest BCUT2D eigenvalue weighted by molar-refractivity contribution is 0.101. The summed E-state index contributed by atoms with van der Waals surface area (Å²) in [6, 6.07) is 5.38. The Morgan fingerprint density at radius 2 is 2.07 bits per heavy atom. The summed E-state index contributed by atoms with van der Waals surface area (Å²) in [5.41, 5.74) is 1.12. The first-order valence-electron chi connectivity index (χ1n) is 4.08. The minimum absolute atomic E-state index is 0.0951. The fourth-order valence-electron chi connectivity index (χ4n) is 1.39. The number of rotatable bonds is 1. The lowest BCUT2D eigenvalue weighted by Crippen LogP contribution is -1.91. The number of benzene rings is 1. The Kier molecular flexibility index (Phi) is 2.25. The number of aromatic amines is 1. The Hall–Kier alpha value is -0.990. The van der Waals surface area contributed by atoms with Crippen LogP contribution < -0.4 is 0 Å². The number of fused-ring (bicyclic) bond motifs is 1. The van der Waals surface area contributed by atoms with E-state index in [0.717, 1.165) is 5.39 Å². The van der Waals surface area contributed by atoms with E-state index in [1.54, 1.807) is 12.1 Å². The normalized spacial score (nSPS) is 10.8. The van der Waals surface area contributed by atoms with Gasteiger partial charge in [0.05, 0.1) is 15.6 Å². The summed E-state index contributed by atoms with van der Waals surface area (Å²) < 4.78 is 0. The standard InChI is InChI=1S/C10H7Cl2NO/c1-5(14)9-8(12)6-3-2-4-7(11)10(6)13-9/h2-4,13H,1H3. The van der Waals surface area contributed by atoms with Gasteiger partial charge in [0.1, 0.15) is 5.69 Å². The highest BCUT2D eigenvalue weighted by molar-refractivity contribution is 6.41. The number of halogens is 2. The van der Waals surface area contributed by atoms with Crippen LogP contribution in [0.1, 0.15) is 17.4 Å². The molecule has 1 N–H and O–H groups in total. The molecule has 0 spiro atoms. The van der Waals surface area contributed by atoms with E-state index in [-0.39, 0.29) is 5.78 Å². The van der Waals surface area contributed by atoms with Gasteiger partial charge in [-0.2, -0.15) is 0 Å². The van der Waals surface area contributed by atoms with Crippen LogP contribution in [0.2, 0.25) is 10.0 Å². The molecule has 0 saturated carbocycles. The first kappa shape index (κ1) is 9.56. The van der Waals surface area contributed by atoms with Crippen LogP contribution in [-0.4, -0.2) is 10.8 Å². The topological polar surface area (TPSA) is 32.9 Å². The first-order chi connectivity index (χ1) is 6.61. The van der Waals surface area contributed by atoms with Crippen LogP contribution >= 0.6 is 23.2 Å².